The second kappa shape index (κ2) is 11.9. The van der Waals surface area contributed by atoms with Crippen LogP contribution in [0.2, 0.25) is 0 Å². The largest absolute Gasteiger partial charge is 0.455 e. The van der Waals surface area contributed by atoms with E-state index in [1.807, 2.05) is 0 Å². The normalized spacial score (nSPS) is 11.5. The summed E-state index contributed by atoms with van der Waals surface area (Å²) in [5.41, 5.74) is 13.2. The molecule has 2 aromatic heterocycles. The zero-order chi connectivity index (χ0) is 33.7. The molecule has 0 saturated heterocycles. The van der Waals surface area contributed by atoms with Crippen molar-refractivity contribution in [1.29, 1.82) is 0 Å². The Balaban J connectivity index is 1.06. The van der Waals surface area contributed by atoms with Crippen LogP contribution in [-0.4, -0.2) is 4.57 Å². The van der Waals surface area contributed by atoms with Gasteiger partial charge in [0.25, 0.3) is 0 Å². The number of nitrogens with zero attached hydrogens (tertiary/aromatic N) is 2. The summed E-state index contributed by atoms with van der Waals surface area (Å²) >= 11 is 0. The van der Waals surface area contributed by atoms with E-state index in [2.05, 4.69) is 204 Å². The molecular formula is C48H32N2O. The van der Waals surface area contributed by atoms with Gasteiger partial charge >= 0.3 is 0 Å². The van der Waals surface area contributed by atoms with Crippen LogP contribution in [0, 0.1) is 0 Å². The molecule has 10 rings (SSSR count). The summed E-state index contributed by atoms with van der Waals surface area (Å²) in [4.78, 5) is 2.29. The molecule has 0 saturated carbocycles. The van der Waals surface area contributed by atoms with E-state index in [1.54, 1.807) is 0 Å². The fourth-order valence-corrected chi connectivity index (χ4v) is 7.60. The lowest BCUT2D eigenvalue weighted by Gasteiger charge is -2.25. The molecule has 0 unspecified atom stereocenters. The van der Waals surface area contributed by atoms with Gasteiger partial charge in [0.2, 0.25) is 0 Å². The van der Waals surface area contributed by atoms with Gasteiger partial charge in [-0.25, -0.2) is 0 Å². The third-order valence-corrected chi connectivity index (χ3v) is 9.98. The molecule has 0 radical (unpaired) electrons. The number of rotatable bonds is 6. The van der Waals surface area contributed by atoms with Crippen molar-refractivity contribution in [2.24, 2.45) is 0 Å². The molecule has 3 nitrogen and oxygen atoms in total. The van der Waals surface area contributed by atoms with Crippen LogP contribution in [0.25, 0.3) is 71.7 Å². The highest BCUT2D eigenvalue weighted by molar-refractivity contribution is 6.13. The first-order valence-electron chi connectivity index (χ1n) is 17.4. The Hall–Kier alpha value is -6.84. The maximum atomic E-state index is 6.65. The Morgan fingerprint density at radius 3 is 1.71 bits per heavy atom. The lowest BCUT2D eigenvalue weighted by Crippen LogP contribution is -2.09. The second-order valence-electron chi connectivity index (χ2n) is 13.0. The summed E-state index contributed by atoms with van der Waals surface area (Å²) in [5.74, 6) is 0. The fourth-order valence-electron chi connectivity index (χ4n) is 7.60. The second-order valence-corrected chi connectivity index (χ2v) is 13.0. The standard InChI is InChI=1S/C48H32N2O/c1-4-13-36(14-5-1)49(37-15-6-2-7-16-37)39-27-23-33(24-28-39)34-26-30-47-44(31-34)43-21-12-20-40(48(43)51-47)35-25-29-42-41-19-10-11-22-45(41)50(46(42)32-35)38-17-8-3-9-18-38/h1-32H. The Kier molecular flexibility index (Phi) is 6.81. The van der Waals surface area contributed by atoms with Crippen LogP contribution in [0.1, 0.15) is 0 Å². The topological polar surface area (TPSA) is 21.3 Å². The van der Waals surface area contributed by atoms with Crippen molar-refractivity contribution < 1.29 is 4.42 Å². The van der Waals surface area contributed by atoms with Crippen LogP contribution in [0.4, 0.5) is 17.1 Å². The quantitative estimate of drug-likeness (QED) is 0.178. The smallest absolute Gasteiger partial charge is 0.143 e. The average Bonchev–Trinajstić information content (AvgIpc) is 3.74. The highest BCUT2D eigenvalue weighted by Gasteiger charge is 2.17. The molecule has 10 aromatic rings. The van der Waals surface area contributed by atoms with Gasteiger partial charge in [-0.2, -0.15) is 0 Å². The Morgan fingerprint density at radius 1 is 0.373 bits per heavy atom. The fraction of sp³-hybridized carbons (Fsp3) is 0. The summed E-state index contributed by atoms with van der Waals surface area (Å²) in [6.07, 6.45) is 0. The maximum absolute atomic E-state index is 6.65. The van der Waals surface area contributed by atoms with E-state index in [0.29, 0.717) is 0 Å². The molecule has 0 N–H and O–H groups in total. The molecule has 0 amide bonds. The molecule has 0 aliphatic heterocycles. The van der Waals surface area contributed by atoms with Gasteiger partial charge in [-0.05, 0) is 89.5 Å². The number of benzene rings is 8. The lowest BCUT2D eigenvalue weighted by molar-refractivity contribution is 0.670. The highest BCUT2D eigenvalue weighted by atomic mass is 16.3. The van der Waals surface area contributed by atoms with E-state index in [-0.39, 0.29) is 0 Å². The first-order chi connectivity index (χ1) is 25.3. The van der Waals surface area contributed by atoms with Crippen LogP contribution in [0.3, 0.4) is 0 Å². The minimum Gasteiger partial charge on any atom is -0.455 e. The van der Waals surface area contributed by atoms with Crippen molar-refractivity contribution in [3.63, 3.8) is 0 Å². The molecule has 0 bridgehead atoms. The van der Waals surface area contributed by atoms with Crippen molar-refractivity contribution in [3.05, 3.63) is 194 Å². The number of fused-ring (bicyclic) bond motifs is 6. The molecule has 3 heteroatoms. The third kappa shape index (κ3) is 4.90. The van der Waals surface area contributed by atoms with Crippen LogP contribution in [0.15, 0.2) is 199 Å². The molecule has 0 fully saturated rings. The predicted octanol–water partition coefficient (Wildman–Crippen LogP) is 13.5. The average molecular weight is 653 g/mol. The van der Waals surface area contributed by atoms with Crippen molar-refractivity contribution >= 4 is 60.8 Å². The van der Waals surface area contributed by atoms with E-state index in [9.17, 15) is 0 Å². The van der Waals surface area contributed by atoms with Gasteiger partial charge in [-0.1, -0.05) is 121 Å². The van der Waals surface area contributed by atoms with Gasteiger partial charge in [0.1, 0.15) is 11.2 Å². The van der Waals surface area contributed by atoms with Crippen molar-refractivity contribution in [3.8, 4) is 27.9 Å². The lowest BCUT2D eigenvalue weighted by atomic mass is 9.99. The van der Waals surface area contributed by atoms with Crippen LogP contribution in [-0.2, 0) is 0 Å². The minimum atomic E-state index is 0.886. The number of para-hydroxylation sites is 5. The van der Waals surface area contributed by atoms with Crippen molar-refractivity contribution in [2.75, 3.05) is 4.90 Å². The first-order valence-corrected chi connectivity index (χ1v) is 17.4. The van der Waals surface area contributed by atoms with E-state index in [4.69, 9.17) is 4.42 Å². The molecule has 0 spiro atoms. The molecule has 0 aliphatic rings. The van der Waals surface area contributed by atoms with Gasteiger partial charge in [-0.3, -0.25) is 0 Å². The Morgan fingerprint density at radius 2 is 0.961 bits per heavy atom. The van der Waals surface area contributed by atoms with Crippen LogP contribution >= 0.6 is 0 Å². The number of furan rings is 1. The number of hydrogen-bond donors (Lipinski definition) is 0. The summed E-state index contributed by atoms with van der Waals surface area (Å²) in [5, 5.41) is 4.71. The molecule has 0 atom stereocenters. The third-order valence-electron chi connectivity index (χ3n) is 9.98. The van der Waals surface area contributed by atoms with Gasteiger partial charge in [-0.15, -0.1) is 0 Å². The first kappa shape index (κ1) is 29.1. The predicted molar refractivity (Wildman–Crippen MR) is 214 cm³/mol. The van der Waals surface area contributed by atoms with Crippen molar-refractivity contribution in [1.82, 2.24) is 4.57 Å². The zero-order valence-electron chi connectivity index (χ0n) is 27.8. The number of anilines is 3. The summed E-state index contributed by atoms with van der Waals surface area (Å²) in [7, 11) is 0. The van der Waals surface area contributed by atoms with Crippen LogP contribution < -0.4 is 4.90 Å². The summed E-state index contributed by atoms with van der Waals surface area (Å²) < 4.78 is 9.01. The molecule has 51 heavy (non-hydrogen) atoms. The summed E-state index contributed by atoms with van der Waals surface area (Å²) in [6, 6.07) is 68.9. The van der Waals surface area contributed by atoms with Gasteiger partial charge in [0, 0.05) is 49.9 Å². The van der Waals surface area contributed by atoms with Gasteiger partial charge in [0.05, 0.1) is 11.0 Å². The molecular weight excluding hydrogens is 621 g/mol. The Labute approximate surface area is 295 Å². The van der Waals surface area contributed by atoms with Gasteiger partial charge in [0.15, 0.2) is 0 Å². The number of hydrogen-bond acceptors (Lipinski definition) is 2. The van der Waals surface area contributed by atoms with E-state index < -0.39 is 0 Å². The van der Waals surface area contributed by atoms with Gasteiger partial charge < -0.3 is 13.9 Å². The van der Waals surface area contributed by atoms with E-state index in [1.165, 1.54) is 21.8 Å². The minimum absolute atomic E-state index is 0.886. The zero-order valence-corrected chi connectivity index (χ0v) is 27.8. The molecule has 0 aliphatic carbocycles. The molecule has 8 aromatic carbocycles. The number of aromatic nitrogens is 1. The highest BCUT2D eigenvalue weighted by Crippen LogP contribution is 2.41. The monoisotopic (exact) mass is 652 g/mol. The van der Waals surface area contributed by atoms with Crippen LogP contribution in [0.5, 0.6) is 0 Å². The van der Waals surface area contributed by atoms with Crippen molar-refractivity contribution in [2.45, 2.75) is 0 Å². The van der Waals surface area contributed by atoms with E-state index in [0.717, 1.165) is 66.9 Å². The summed E-state index contributed by atoms with van der Waals surface area (Å²) in [6.45, 7) is 0. The van der Waals surface area contributed by atoms with E-state index >= 15 is 0 Å². The molecule has 240 valence electrons. The Bertz CT molecular complexity index is 2790. The maximum Gasteiger partial charge on any atom is 0.143 e. The molecule has 2 heterocycles. The SMILES string of the molecule is c1ccc(N(c2ccccc2)c2ccc(-c3ccc4oc5c(-c6ccc7c8ccccc8n(-c8ccccc8)c7c6)cccc5c4c3)cc2)cc1.